The molecule has 1 aromatic heterocycles. The van der Waals surface area contributed by atoms with E-state index in [4.69, 9.17) is 32.8 Å². The largest absolute Gasteiger partial charge is 0.472 e. The number of epoxide rings is 1. The minimum absolute atomic E-state index is 0.113. The minimum atomic E-state index is -1.36. The molecule has 51 heavy (non-hydrogen) atoms. The summed E-state index contributed by atoms with van der Waals surface area (Å²) in [6, 6.07) is 1.86. The van der Waals surface area contributed by atoms with Gasteiger partial charge < -0.3 is 32.8 Å². The second-order valence-corrected chi connectivity index (χ2v) is 15.7. The number of carbonyl (C=O) groups excluding carboxylic acids is 6. The molecule has 13 heteroatoms. The molecule has 1 aromatic rings. The molecule has 13 nitrogen and oxygen atoms in total. The average molecular weight is 713 g/mol. The molecule has 2 saturated carbocycles. The zero-order valence-electron chi connectivity index (χ0n) is 30.3. The van der Waals surface area contributed by atoms with Gasteiger partial charge in [-0.2, -0.15) is 0 Å². The first-order valence-electron chi connectivity index (χ1n) is 17.7. The molecular weight excluding hydrogens is 664 g/mol. The van der Waals surface area contributed by atoms with E-state index >= 15 is 0 Å². The Bertz CT molecular complexity index is 1620. The van der Waals surface area contributed by atoms with Crippen molar-refractivity contribution in [1.82, 2.24) is 0 Å². The normalized spacial score (nSPS) is 40.9. The van der Waals surface area contributed by atoms with E-state index < -0.39 is 82.0 Å². The van der Waals surface area contributed by atoms with Crippen LogP contribution in [0, 0.1) is 34.5 Å². The van der Waals surface area contributed by atoms with Crippen LogP contribution in [0.3, 0.4) is 0 Å². The van der Waals surface area contributed by atoms with Gasteiger partial charge in [0.2, 0.25) is 0 Å². The van der Waals surface area contributed by atoms with Gasteiger partial charge in [-0.25, -0.2) is 0 Å². The van der Waals surface area contributed by atoms with Crippen LogP contribution in [0.15, 0.2) is 35.2 Å². The van der Waals surface area contributed by atoms with E-state index in [1.807, 2.05) is 26.8 Å². The predicted molar refractivity (Wildman–Crippen MR) is 175 cm³/mol. The summed E-state index contributed by atoms with van der Waals surface area (Å²) < 4.78 is 41.3. The summed E-state index contributed by atoms with van der Waals surface area (Å²) >= 11 is 0. The molecular formula is C38H48O13. The Hall–Kier alpha value is -4.00. The van der Waals surface area contributed by atoms with Gasteiger partial charge in [0.15, 0.2) is 11.9 Å². The van der Waals surface area contributed by atoms with E-state index in [2.05, 4.69) is 6.58 Å². The summed E-state index contributed by atoms with van der Waals surface area (Å²) in [5.74, 6) is -5.81. The van der Waals surface area contributed by atoms with Gasteiger partial charge >= 0.3 is 23.9 Å². The van der Waals surface area contributed by atoms with Gasteiger partial charge in [0.1, 0.15) is 30.0 Å². The number of rotatable bonds is 11. The average Bonchev–Trinajstić information content (AvgIpc) is 3.30. The molecule has 0 amide bonds. The molecule has 0 bridgehead atoms. The van der Waals surface area contributed by atoms with Crippen LogP contribution < -0.4 is 0 Å². The van der Waals surface area contributed by atoms with E-state index in [1.54, 1.807) is 26.4 Å². The van der Waals surface area contributed by atoms with Crippen molar-refractivity contribution >= 4 is 36.1 Å². The number of fused-ring (bicyclic) bond motifs is 1. The van der Waals surface area contributed by atoms with Crippen molar-refractivity contribution in [2.24, 2.45) is 34.5 Å². The number of ketones is 1. The smallest absolute Gasteiger partial charge is 0.309 e. The first-order valence-corrected chi connectivity index (χ1v) is 17.7. The third-order valence-electron chi connectivity index (χ3n) is 13.1. The lowest BCUT2D eigenvalue weighted by atomic mass is 9.45. The molecule has 1 spiro atoms. The summed E-state index contributed by atoms with van der Waals surface area (Å²) in [6.45, 7) is 16.4. The van der Waals surface area contributed by atoms with Gasteiger partial charge in [-0.3, -0.25) is 28.8 Å². The molecule has 5 fully saturated rings. The summed E-state index contributed by atoms with van der Waals surface area (Å²) in [4.78, 5) is 78.6. The SMILES string of the molecule is C=C1C([C@]2(C)C3CC(=O)O[C@]3(C)COC(=O)C[C@@H]2OC(C)=O)[C@@H](OC=O)[C@H](CC(=O)C(OC(C)=O)C(C)CC)[C@@]2(C)[C@H](c3ccoc3)C[C@H]3OC132. The molecule has 0 aromatic carbocycles. The van der Waals surface area contributed by atoms with Crippen molar-refractivity contribution in [3.63, 3.8) is 0 Å². The highest BCUT2D eigenvalue weighted by molar-refractivity contribution is 5.86. The lowest BCUT2D eigenvalue weighted by molar-refractivity contribution is -0.212. The number of cyclic esters (lactones) is 1. The number of Topliss-reactive ketones (excluding diaryl/α,β-unsaturated/α-hetero) is 1. The van der Waals surface area contributed by atoms with Crippen LogP contribution >= 0.6 is 0 Å². The third-order valence-corrected chi connectivity index (χ3v) is 13.1. The standard InChI is InChI=1S/C38H48O13/c1-9-19(2)33(49-22(5)41)26(42)12-25-34(47-18-39)32(20(3)38-29(50-38)13-24(37(25,38)8)23-10-11-45-16-23)36(7)27-14-31(44)51-35(27,6)17-46-30(43)15-28(36)48-21(4)40/h10-11,16,18-19,24-25,27-29,32-34H,3,9,12-15,17H2,1-2,4-8H3/t19?,24-,25-,27?,28-,29+,32?,33?,34-,35+,36+,37+,38?/m0/s1. The molecule has 3 saturated heterocycles. The summed E-state index contributed by atoms with van der Waals surface area (Å²) in [5, 5.41) is 0. The lowest BCUT2D eigenvalue weighted by Crippen LogP contribution is -2.66. The van der Waals surface area contributed by atoms with Gasteiger partial charge in [-0.05, 0) is 42.9 Å². The van der Waals surface area contributed by atoms with Crippen molar-refractivity contribution < 1.29 is 61.6 Å². The van der Waals surface area contributed by atoms with Gasteiger partial charge in [-0.15, -0.1) is 0 Å². The number of esters is 4. The fraction of sp³-hybridized carbons (Fsp3) is 0.684. The van der Waals surface area contributed by atoms with Crippen LogP contribution in [-0.4, -0.2) is 78.4 Å². The minimum Gasteiger partial charge on any atom is -0.472 e. The molecule has 0 N–H and O–H groups in total. The molecule has 278 valence electrons. The van der Waals surface area contributed by atoms with Crippen molar-refractivity contribution in [2.45, 2.75) is 122 Å². The van der Waals surface area contributed by atoms with Crippen LogP contribution in [0.5, 0.6) is 0 Å². The fourth-order valence-corrected chi connectivity index (χ4v) is 10.7. The van der Waals surface area contributed by atoms with E-state index in [-0.39, 0.29) is 49.6 Å². The Morgan fingerprint density at radius 1 is 1.10 bits per heavy atom. The van der Waals surface area contributed by atoms with Crippen LogP contribution in [0.1, 0.15) is 92.1 Å². The number of ether oxygens (including phenoxy) is 6. The van der Waals surface area contributed by atoms with Gasteiger partial charge in [0.05, 0.1) is 31.5 Å². The summed E-state index contributed by atoms with van der Waals surface area (Å²) in [5.41, 5.74) is -3.25. The van der Waals surface area contributed by atoms with E-state index in [0.717, 1.165) is 5.56 Å². The maximum atomic E-state index is 14.5. The Labute approximate surface area is 297 Å². The van der Waals surface area contributed by atoms with Crippen molar-refractivity contribution in [1.29, 1.82) is 0 Å². The molecule has 0 radical (unpaired) electrons. The Balaban J connectivity index is 1.58. The molecule has 6 rings (SSSR count). The Morgan fingerprint density at radius 3 is 2.43 bits per heavy atom. The van der Waals surface area contributed by atoms with Crippen LogP contribution in [0.25, 0.3) is 0 Å². The third kappa shape index (κ3) is 5.52. The van der Waals surface area contributed by atoms with Crippen LogP contribution in [-0.2, 0) is 57.2 Å². The Kier molecular flexibility index (Phi) is 9.30. The van der Waals surface area contributed by atoms with Crippen molar-refractivity contribution in [3.05, 3.63) is 36.3 Å². The lowest BCUT2D eigenvalue weighted by Gasteiger charge is -2.61. The predicted octanol–water partition coefficient (Wildman–Crippen LogP) is 4.40. The van der Waals surface area contributed by atoms with Crippen LogP contribution in [0.2, 0.25) is 0 Å². The Morgan fingerprint density at radius 2 is 1.82 bits per heavy atom. The highest BCUT2D eigenvalue weighted by Crippen LogP contribution is 2.78. The number of furan rings is 1. The maximum absolute atomic E-state index is 14.5. The number of carbonyl (C=O) groups is 6. The highest BCUT2D eigenvalue weighted by Gasteiger charge is 2.83. The first kappa shape index (κ1) is 36.8. The molecule has 5 unspecified atom stereocenters. The highest BCUT2D eigenvalue weighted by atomic mass is 16.6. The fourth-order valence-electron chi connectivity index (χ4n) is 10.7. The molecule has 5 aliphatic rings. The zero-order valence-corrected chi connectivity index (χ0v) is 30.3. The van der Waals surface area contributed by atoms with Gasteiger partial charge in [-0.1, -0.05) is 34.3 Å². The topological polar surface area (TPSA) is 174 Å². The molecule has 13 atom stereocenters. The van der Waals surface area contributed by atoms with E-state index in [0.29, 0.717) is 24.9 Å². The van der Waals surface area contributed by atoms with E-state index in [1.165, 1.54) is 13.8 Å². The van der Waals surface area contributed by atoms with Crippen molar-refractivity contribution in [3.8, 4) is 0 Å². The molecule has 3 aliphatic heterocycles. The maximum Gasteiger partial charge on any atom is 0.309 e. The second kappa shape index (κ2) is 12.9. The quantitative estimate of drug-likeness (QED) is 0.104. The first-order chi connectivity index (χ1) is 24.0. The monoisotopic (exact) mass is 712 g/mol. The zero-order chi connectivity index (χ0) is 37.3. The number of hydrogen-bond acceptors (Lipinski definition) is 13. The van der Waals surface area contributed by atoms with E-state index in [9.17, 15) is 28.8 Å². The molecule has 4 heterocycles. The van der Waals surface area contributed by atoms with Gasteiger partial charge in [0.25, 0.3) is 6.47 Å². The summed E-state index contributed by atoms with van der Waals surface area (Å²) in [7, 11) is 0. The number of hydrogen-bond donors (Lipinski definition) is 0. The second-order valence-electron chi connectivity index (χ2n) is 15.7. The van der Waals surface area contributed by atoms with Crippen molar-refractivity contribution in [2.75, 3.05) is 6.61 Å². The van der Waals surface area contributed by atoms with Gasteiger partial charge in [0, 0.05) is 54.8 Å². The summed E-state index contributed by atoms with van der Waals surface area (Å²) in [6.07, 6.45) is -0.0237. The molecule has 2 aliphatic carbocycles. The van der Waals surface area contributed by atoms with Crippen LogP contribution in [0.4, 0.5) is 0 Å².